The molecule has 0 spiro atoms. The van der Waals surface area contributed by atoms with Crippen molar-refractivity contribution < 1.29 is 8.60 Å². The van der Waals surface area contributed by atoms with E-state index in [4.69, 9.17) is 5.73 Å². The highest BCUT2D eigenvalue weighted by atomic mass is 32.2. The molecular weight excluding hydrogens is 201 g/mol. The Morgan fingerprint density at radius 2 is 2.29 bits per heavy atom. The van der Waals surface area contributed by atoms with Gasteiger partial charge in [0.2, 0.25) is 0 Å². The second-order valence-corrected chi connectivity index (χ2v) is 4.75. The molecule has 0 saturated heterocycles. The Labute approximate surface area is 85.8 Å². The SMILES string of the molecule is CCC(CN)S(=O)c1cccc(F)c1. The first-order valence-corrected chi connectivity index (χ1v) is 5.76. The molecule has 4 heteroatoms. The van der Waals surface area contributed by atoms with E-state index in [9.17, 15) is 8.60 Å². The fourth-order valence-corrected chi connectivity index (χ4v) is 2.49. The maximum absolute atomic E-state index is 12.8. The van der Waals surface area contributed by atoms with Crippen LogP contribution in [0.15, 0.2) is 29.2 Å². The van der Waals surface area contributed by atoms with Gasteiger partial charge >= 0.3 is 0 Å². The maximum atomic E-state index is 12.8. The van der Waals surface area contributed by atoms with Gasteiger partial charge in [-0.05, 0) is 24.6 Å². The van der Waals surface area contributed by atoms with E-state index >= 15 is 0 Å². The number of benzene rings is 1. The van der Waals surface area contributed by atoms with E-state index in [0.29, 0.717) is 11.4 Å². The zero-order valence-electron chi connectivity index (χ0n) is 8.07. The molecule has 1 rings (SSSR count). The van der Waals surface area contributed by atoms with E-state index in [-0.39, 0.29) is 11.1 Å². The summed E-state index contributed by atoms with van der Waals surface area (Å²) in [6.07, 6.45) is 0.736. The summed E-state index contributed by atoms with van der Waals surface area (Å²) in [6.45, 7) is 2.29. The van der Waals surface area contributed by atoms with Crippen LogP contribution in [0.25, 0.3) is 0 Å². The van der Waals surface area contributed by atoms with E-state index in [0.717, 1.165) is 6.42 Å². The van der Waals surface area contributed by atoms with E-state index in [2.05, 4.69) is 0 Å². The monoisotopic (exact) mass is 215 g/mol. The van der Waals surface area contributed by atoms with Crippen molar-refractivity contribution in [2.75, 3.05) is 6.54 Å². The topological polar surface area (TPSA) is 43.1 Å². The molecule has 14 heavy (non-hydrogen) atoms. The molecule has 1 aromatic carbocycles. The molecular formula is C10H14FNOS. The van der Waals surface area contributed by atoms with Crippen molar-refractivity contribution in [3.63, 3.8) is 0 Å². The molecule has 0 fully saturated rings. The van der Waals surface area contributed by atoms with Crippen LogP contribution < -0.4 is 5.73 Å². The molecule has 0 amide bonds. The smallest absolute Gasteiger partial charge is 0.124 e. The van der Waals surface area contributed by atoms with Crippen LogP contribution in [0.3, 0.4) is 0 Å². The Bertz CT molecular complexity index is 326. The third kappa shape index (κ3) is 2.62. The van der Waals surface area contributed by atoms with E-state index in [1.54, 1.807) is 12.1 Å². The summed E-state index contributed by atoms with van der Waals surface area (Å²) in [7, 11) is -1.20. The summed E-state index contributed by atoms with van der Waals surface area (Å²) < 4.78 is 24.7. The Morgan fingerprint density at radius 1 is 1.57 bits per heavy atom. The van der Waals surface area contributed by atoms with E-state index in [1.807, 2.05) is 6.92 Å². The molecule has 0 radical (unpaired) electrons. The lowest BCUT2D eigenvalue weighted by molar-refractivity contribution is 0.621. The summed E-state index contributed by atoms with van der Waals surface area (Å²) in [5, 5.41) is -0.0863. The summed E-state index contributed by atoms with van der Waals surface area (Å²) in [6, 6.07) is 5.86. The third-order valence-electron chi connectivity index (χ3n) is 2.05. The first kappa shape index (κ1) is 11.3. The predicted octanol–water partition coefficient (Wildman–Crippen LogP) is 1.67. The summed E-state index contributed by atoms with van der Waals surface area (Å²) >= 11 is 0. The molecule has 1 aromatic rings. The second kappa shape index (κ2) is 5.22. The molecule has 0 heterocycles. The minimum absolute atomic E-state index is 0.0863. The van der Waals surface area contributed by atoms with Gasteiger partial charge in [0.1, 0.15) is 5.82 Å². The van der Waals surface area contributed by atoms with Crippen molar-refractivity contribution in [1.82, 2.24) is 0 Å². The molecule has 0 aliphatic carbocycles. The van der Waals surface area contributed by atoms with E-state index in [1.165, 1.54) is 12.1 Å². The summed E-state index contributed by atoms with van der Waals surface area (Å²) in [4.78, 5) is 0.516. The maximum Gasteiger partial charge on any atom is 0.124 e. The predicted molar refractivity (Wildman–Crippen MR) is 55.9 cm³/mol. The highest BCUT2D eigenvalue weighted by molar-refractivity contribution is 7.85. The minimum Gasteiger partial charge on any atom is -0.329 e. The zero-order chi connectivity index (χ0) is 10.6. The average Bonchev–Trinajstić information content (AvgIpc) is 2.19. The molecule has 78 valence electrons. The van der Waals surface area contributed by atoms with Gasteiger partial charge in [-0.25, -0.2) is 4.39 Å². The first-order chi connectivity index (χ1) is 6.69. The number of nitrogens with two attached hydrogens (primary N) is 1. The van der Waals surface area contributed by atoms with Gasteiger partial charge in [0.25, 0.3) is 0 Å². The van der Waals surface area contributed by atoms with Crippen LogP contribution in [0.5, 0.6) is 0 Å². The lowest BCUT2D eigenvalue weighted by atomic mass is 10.3. The van der Waals surface area contributed by atoms with Crippen molar-refractivity contribution in [1.29, 1.82) is 0 Å². The van der Waals surface area contributed by atoms with Crippen molar-refractivity contribution in [3.8, 4) is 0 Å². The van der Waals surface area contributed by atoms with Crippen LogP contribution in [-0.4, -0.2) is 16.0 Å². The first-order valence-electron chi connectivity index (χ1n) is 4.55. The molecule has 0 aromatic heterocycles. The second-order valence-electron chi connectivity index (χ2n) is 3.02. The van der Waals surface area contributed by atoms with Gasteiger partial charge in [0, 0.05) is 11.4 Å². The molecule has 0 aliphatic heterocycles. The molecule has 0 saturated carbocycles. The van der Waals surface area contributed by atoms with Crippen molar-refractivity contribution in [2.24, 2.45) is 5.73 Å². The van der Waals surface area contributed by atoms with Crippen molar-refractivity contribution in [3.05, 3.63) is 30.1 Å². The van der Waals surface area contributed by atoms with Gasteiger partial charge in [-0.15, -0.1) is 0 Å². The molecule has 0 aliphatic rings. The van der Waals surface area contributed by atoms with Gasteiger partial charge in [0.15, 0.2) is 0 Å². The van der Waals surface area contributed by atoms with Crippen LogP contribution in [-0.2, 0) is 10.8 Å². The van der Waals surface area contributed by atoms with E-state index < -0.39 is 10.8 Å². The Balaban J connectivity index is 2.88. The third-order valence-corrected chi connectivity index (χ3v) is 3.90. The highest BCUT2D eigenvalue weighted by Crippen LogP contribution is 2.14. The molecule has 2 unspecified atom stereocenters. The lowest BCUT2D eigenvalue weighted by Gasteiger charge is -2.11. The van der Waals surface area contributed by atoms with Crippen LogP contribution >= 0.6 is 0 Å². The summed E-state index contributed by atoms with van der Waals surface area (Å²) in [5.41, 5.74) is 5.47. The van der Waals surface area contributed by atoms with Crippen LogP contribution in [0.2, 0.25) is 0 Å². The number of hydrogen-bond donors (Lipinski definition) is 1. The van der Waals surface area contributed by atoms with Crippen LogP contribution in [0.1, 0.15) is 13.3 Å². The van der Waals surface area contributed by atoms with Crippen molar-refractivity contribution >= 4 is 10.8 Å². The van der Waals surface area contributed by atoms with Crippen LogP contribution in [0, 0.1) is 5.82 Å². The molecule has 2 N–H and O–H groups in total. The quantitative estimate of drug-likeness (QED) is 0.830. The van der Waals surface area contributed by atoms with Crippen LogP contribution in [0.4, 0.5) is 4.39 Å². The molecule has 2 atom stereocenters. The normalized spacial score (nSPS) is 15.1. The molecule has 2 nitrogen and oxygen atoms in total. The van der Waals surface area contributed by atoms with Gasteiger partial charge < -0.3 is 5.73 Å². The summed E-state index contributed by atoms with van der Waals surface area (Å²) in [5.74, 6) is -0.359. The standard InChI is InChI=1S/C10H14FNOS/c1-2-9(7-12)14(13)10-5-3-4-8(11)6-10/h3-6,9H,2,7,12H2,1H3. The van der Waals surface area contributed by atoms with Gasteiger partial charge in [-0.2, -0.15) is 0 Å². The Kier molecular flexibility index (Phi) is 4.22. The Morgan fingerprint density at radius 3 is 2.79 bits per heavy atom. The highest BCUT2D eigenvalue weighted by Gasteiger charge is 2.14. The minimum atomic E-state index is -1.20. The zero-order valence-corrected chi connectivity index (χ0v) is 8.89. The van der Waals surface area contributed by atoms with Gasteiger partial charge in [-0.3, -0.25) is 4.21 Å². The lowest BCUT2D eigenvalue weighted by Crippen LogP contribution is -2.24. The average molecular weight is 215 g/mol. The number of hydrogen-bond acceptors (Lipinski definition) is 2. The van der Waals surface area contributed by atoms with Gasteiger partial charge in [-0.1, -0.05) is 13.0 Å². The number of halogens is 1. The Hall–Kier alpha value is -0.740. The van der Waals surface area contributed by atoms with Crippen molar-refractivity contribution in [2.45, 2.75) is 23.5 Å². The largest absolute Gasteiger partial charge is 0.329 e. The fourth-order valence-electron chi connectivity index (χ4n) is 1.19. The molecule has 0 bridgehead atoms. The fraction of sp³-hybridized carbons (Fsp3) is 0.400. The van der Waals surface area contributed by atoms with Gasteiger partial charge in [0.05, 0.1) is 16.0 Å². The number of rotatable bonds is 4.